The third-order valence-corrected chi connectivity index (χ3v) is 3.51. The van der Waals surface area contributed by atoms with Crippen LogP contribution in [-0.4, -0.2) is 41.5 Å². The van der Waals surface area contributed by atoms with Crippen LogP contribution in [0.4, 0.5) is 5.82 Å². The van der Waals surface area contributed by atoms with Crippen LogP contribution in [0, 0.1) is 5.92 Å². The van der Waals surface area contributed by atoms with Crippen molar-refractivity contribution in [1.82, 2.24) is 14.9 Å². The molecule has 1 aromatic heterocycles. The average molecular weight is 242 g/mol. The summed E-state index contributed by atoms with van der Waals surface area (Å²) in [7, 11) is 2.18. The maximum atomic E-state index is 4.57. The molecule has 94 valence electrons. The van der Waals surface area contributed by atoms with Crippen molar-refractivity contribution in [3.63, 3.8) is 0 Å². The summed E-state index contributed by atoms with van der Waals surface area (Å²) in [6, 6.07) is 7.96. The summed E-state index contributed by atoms with van der Waals surface area (Å²) in [4.78, 5) is 11.3. The molecule has 0 spiro atoms. The van der Waals surface area contributed by atoms with Gasteiger partial charge in [0.1, 0.15) is 5.82 Å². The van der Waals surface area contributed by atoms with Crippen molar-refractivity contribution >= 4 is 16.9 Å². The van der Waals surface area contributed by atoms with Gasteiger partial charge in [0.15, 0.2) is 0 Å². The lowest BCUT2D eigenvalue weighted by molar-refractivity contribution is 0.399. The first-order valence-electron chi connectivity index (χ1n) is 6.45. The van der Waals surface area contributed by atoms with E-state index in [-0.39, 0.29) is 0 Å². The molecule has 1 N–H and O–H groups in total. The first-order valence-corrected chi connectivity index (χ1v) is 6.45. The molecule has 2 aromatic rings. The molecule has 1 unspecified atom stereocenters. The summed E-state index contributed by atoms with van der Waals surface area (Å²) in [6.07, 6.45) is 3.09. The SMILES string of the molecule is CN1CCC(CNc2cnc3ccccc3n2)C1. The summed E-state index contributed by atoms with van der Waals surface area (Å²) in [5.74, 6) is 1.60. The molecule has 4 heteroatoms. The van der Waals surface area contributed by atoms with Gasteiger partial charge in [0.2, 0.25) is 0 Å². The highest BCUT2D eigenvalue weighted by Gasteiger charge is 2.18. The molecule has 0 bridgehead atoms. The third kappa shape index (κ3) is 2.43. The van der Waals surface area contributed by atoms with Gasteiger partial charge in [-0.3, -0.25) is 4.98 Å². The summed E-state index contributed by atoms with van der Waals surface area (Å²) in [6.45, 7) is 3.36. The Labute approximate surface area is 107 Å². The fourth-order valence-electron chi connectivity index (χ4n) is 2.48. The molecule has 1 atom stereocenters. The van der Waals surface area contributed by atoms with E-state index in [1.54, 1.807) is 0 Å². The monoisotopic (exact) mass is 242 g/mol. The maximum Gasteiger partial charge on any atom is 0.145 e. The van der Waals surface area contributed by atoms with E-state index in [2.05, 4.69) is 27.2 Å². The Hall–Kier alpha value is -1.68. The van der Waals surface area contributed by atoms with Crippen LogP contribution in [-0.2, 0) is 0 Å². The number of fused-ring (bicyclic) bond motifs is 1. The Morgan fingerprint density at radius 3 is 2.94 bits per heavy atom. The highest BCUT2D eigenvalue weighted by atomic mass is 15.1. The minimum absolute atomic E-state index is 0.725. The molecule has 1 aromatic carbocycles. The summed E-state index contributed by atoms with van der Waals surface area (Å²) in [5.41, 5.74) is 1.90. The zero-order valence-corrected chi connectivity index (χ0v) is 10.6. The average Bonchev–Trinajstić information content (AvgIpc) is 2.82. The lowest BCUT2D eigenvalue weighted by atomic mass is 10.1. The van der Waals surface area contributed by atoms with Crippen LogP contribution >= 0.6 is 0 Å². The van der Waals surface area contributed by atoms with E-state index < -0.39 is 0 Å². The van der Waals surface area contributed by atoms with E-state index in [1.807, 2.05) is 30.5 Å². The van der Waals surface area contributed by atoms with Crippen LogP contribution in [0.1, 0.15) is 6.42 Å². The minimum Gasteiger partial charge on any atom is -0.368 e. The van der Waals surface area contributed by atoms with Crippen molar-refractivity contribution < 1.29 is 0 Å². The second-order valence-electron chi connectivity index (χ2n) is 5.04. The van der Waals surface area contributed by atoms with Crippen LogP contribution in [0.15, 0.2) is 30.5 Å². The van der Waals surface area contributed by atoms with Crippen LogP contribution in [0.25, 0.3) is 11.0 Å². The normalized spacial score (nSPS) is 20.4. The predicted octanol–water partition coefficient (Wildman–Crippen LogP) is 1.99. The summed E-state index contributed by atoms with van der Waals surface area (Å²) in [5, 5.41) is 3.40. The quantitative estimate of drug-likeness (QED) is 0.893. The lowest BCUT2D eigenvalue weighted by Crippen LogP contribution is -2.19. The van der Waals surface area contributed by atoms with Gasteiger partial charge in [0.25, 0.3) is 0 Å². The van der Waals surface area contributed by atoms with Gasteiger partial charge >= 0.3 is 0 Å². The van der Waals surface area contributed by atoms with Gasteiger partial charge in [-0.15, -0.1) is 0 Å². The van der Waals surface area contributed by atoms with Crippen molar-refractivity contribution in [3.8, 4) is 0 Å². The molecule has 1 aliphatic heterocycles. The first-order chi connectivity index (χ1) is 8.81. The van der Waals surface area contributed by atoms with Gasteiger partial charge in [-0.05, 0) is 38.1 Å². The summed E-state index contributed by atoms with van der Waals surface area (Å²) >= 11 is 0. The standard InChI is InChI=1S/C14H18N4/c1-18-7-6-11(10-18)8-16-14-9-15-12-4-2-3-5-13(12)17-14/h2-5,9,11H,6-8,10H2,1H3,(H,16,17). The second kappa shape index (κ2) is 4.90. The van der Waals surface area contributed by atoms with Crippen LogP contribution in [0.3, 0.4) is 0 Å². The fourth-order valence-corrected chi connectivity index (χ4v) is 2.48. The Bertz CT molecular complexity index is 540. The molecular formula is C14H18N4. The van der Waals surface area contributed by atoms with E-state index in [1.165, 1.54) is 19.5 Å². The molecule has 0 saturated carbocycles. The molecule has 0 radical (unpaired) electrons. The Balaban J connectivity index is 1.67. The Morgan fingerprint density at radius 2 is 2.17 bits per heavy atom. The maximum absolute atomic E-state index is 4.57. The molecule has 0 amide bonds. The van der Waals surface area contributed by atoms with Crippen molar-refractivity contribution in [1.29, 1.82) is 0 Å². The molecule has 3 rings (SSSR count). The molecule has 18 heavy (non-hydrogen) atoms. The molecule has 1 aliphatic rings. The van der Waals surface area contributed by atoms with Gasteiger partial charge in [-0.25, -0.2) is 4.98 Å². The van der Waals surface area contributed by atoms with Crippen molar-refractivity contribution in [2.45, 2.75) is 6.42 Å². The van der Waals surface area contributed by atoms with E-state index >= 15 is 0 Å². The first kappa shape index (κ1) is 11.4. The van der Waals surface area contributed by atoms with E-state index in [0.29, 0.717) is 0 Å². The van der Waals surface area contributed by atoms with Crippen LogP contribution in [0.2, 0.25) is 0 Å². The Morgan fingerprint density at radius 1 is 1.33 bits per heavy atom. The summed E-state index contributed by atoms with van der Waals surface area (Å²) < 4.78 is 0. The molecular weight excluding hydrogens is 224 g/mol. The number of likely N-dealkylation sites (tertiary alicyclic amines) is 1. The van der Waals surface area contributed by atoms with E-state index in [4.69, 9.17) is 0 Å². The van der Waals surface area contributed by atoms with Gasteiger partial charge in [-0.2, -0.15) is 0 Å². The number of benzene rings is 1. The number of nitrogens with one attached hydrogen (secondary N) is 1. The minimum atomic E-state index is 0.725. The molecule has 2 heterocycles. The topological polar surface area (TPSA) is 41.0 Å². The van der Waals surface area contributed by atoms with Crippen LogP contribution < -0.4 is 5.32 Å². The van der Waals surface area contributed by atoms with E-state index in [0.717, 1.165) is 29.3 Å². The highest BCUT2D eigenvalue weighted by Crippen LogP contribution is 2.16. The molecule has 4 nitrogen and oxygen atoms in total. The number of nitrogens with zero attached hydrogens (tertiary/aromatic N) is 3. The van der Waals surface area contributed by atoms with Crippen LogP contribution in [0.5, 0.6) is 0 Å². The predicted molar refractivity (Wildman–Crippen MR) is 73.6 cm³/mol. The lowest BCUT2D eigenvalue weighted by Gasteiger charge is -2.12. The number of aromatic nitrogens is 2. The van der Waals surface area contributed by atoms with Crippen molar-refractivity contribution in [2.24, 2.45) is 5.92 Å². The van der Waals surface area contributed by atoms with E-state index in [9.17, 15) is 0 Å². The number of anilines is 1. The largest absolute Gasteiger partial charge is 0.368 e. The van der Waals surface area contributed by atoms with Gasteiger partial charge in [-0.1, -0.05) is 12.1 Å². The molecule has 1 fully saturated rings. The second-order valence-corrected chi connectivity index (χ2v) is 5.04. The smallest absolute Gasteiger partial charge is 0.145 e. The van der Waals surface area contributed by atoms with Crippen molar-refractivity contribution in [2.75, 3.05) is 32.0 Å². The fraction of sp³-hybridized carbons (Fsp3) is 0.429. The zero-order valence-electron chi connectivity index (χ0n) is 10.6. The number of rotatable bonds is 3. The Kier molecular flexibility index (Phi) is 3.11. The molecule has 1 saturated heterocycles. The third-order valence-electron chi connectivity index (χ3n) is 3.51. The number of hydrogen-bond acceptors (Lipinski definition) is 4. The van der Waals surface area contributed by atoms with Crippen molar-refractivity contribution in [3.05, 3.63) is 30.5 Å². The van der Waals surface area contributed by atoms with Gasteiger partial charge in [0.05, 0.1) is 17.2 Å². The van der Waals surface area contributed by atoms with Gasteiger partial charge in [0, 0.05) is 13.1 Å². The number of para-hydroxylation sites is 2. The zero-order chi connectivity index (χ0) is 12.4. The van der Waals surface area contributed by atoms with Gasteiger partial charge < -0.3 is 10.2 Å². The number of hydrogen-bond donors (Lipinski definition) is 1. The highest BCUT2D eigenvalue weighted by molar-refractivity contribution is 5.75. The molecule has 0 aliphatic carbocycles.